The second kappa shape index (κ2) is 13.7. The Hall–Kier alpha value is -3.25. The highest BCUT2D eigenvalue weighted by Gasteiger charge is 2.08. The van der Waals surface area contributed by atoms with Crippen molar-refractivity contribution in [1.29, 1.82) is 1.45 Å². The van der Waals surface area contributed by atoms with Crippen LogP contribution in [0, 0.1) is 6.26 Å². The van der Waals surface area contributed by atoms with E-state index in [4.69, 9.17) is 9.13 Å². The quantitative estimate of drug-likeness (QED) is 0.635. The number of carbonyl (C=O) groups is 2. The topological polar surface area (TPSA) is 78.9 Å². The molecule has 6 nitrogen and oxygen atoms in total. The molecule has 0 saturated heterocycles. The van der Waals surface area contributed by atoms with Crippen molar-refractivity contribution < 1.29 is 37.3 Å². The summed E-state index contributed by atoms with van der Waals surface area (Å²) in [6, 6.07) is 6.80. The molecule has 0 fully saturated rings. The highest BCUT2D eigenvalue weighted by Crippen LogP contribution is 2.12. The predicted molar refractivity (Wildman–Crippen MR) is 77.4 cm³/mol. The third kappa shape index (κ3) is 9.33. The van der Waals surface area contributed by atoms with Crippen LogP contribution in [0.3, 0.4) is 0 Å². The lowest BCUT2D eigenvalue weighted by atomic mass is 10.5. The van der Waals surface area contributed by atoms with Crippen LogP contribution in [-0.4, -0.2) is 21.1 Å². The maximum absolute atomic E-state index is 9.99. The number of aldehydes is 2. The number of halogens is 2. The van der Waals surface area contributed by atoms with E-state index in [1.807, 2.05) is 12.1 Å². The minimum Gasteiger partial charge on any atom is -0.473 e. The molecule has 0 N–H and O–H groups in total. The van der Waals surface area contributed by atoms with Gasteiger partial charge in [0.25, 0.3) is 13.7 Å². The van der Waals surface area contributed by atoms with Crippen LogP contribution in [0.1, 0.15) is 10.6 Å². The van der Waals surface area contributed by atoms with Gasteiger partial charge in [-0.15, -0.1) is 0 Å². The first-order valence-corrected chi connectivity index (χ1v) is 5.77. The first-order valence-electron chi connectivity index (χ1n) is 6.15. The minimum absolute atomic E-state index is 0. The summed E-state index contributed by atoms with van der Waals surface area (Å²) in [6.45, 7) is 0. The van der Waals surface area contributed by atoms with Gasteiger partial charge in [0.1, 0.15) is 6.08 Å². The lowest BCUT2D eigenvalue weighted by molar-refractivity contribution is -0.107. The largest absolute Gasteiger partial charge is 0.473 e. The lowest BCUT2D eigenvalue weighted by Crippen LogP contribution is -1.78. The van der Waals surface area contributed by atoms with Gasteiger partial charge >= 0.3 is 5.76 Å². The van der Waals surface area contributed by atoms with Gasteiger partial charge in [0.2, 0.25) is 6.26 Å². The fourth-order valence-corrected chi connectivity index (χ4v) is 1.05. The molecular weight excluding hydrogens is 314 g/mol. The summed E-state index contributed by atoms with van der Waals surface area (Å²) in [6.07, 6.45) is 9.98. The minimum atomic E-state index is 0. The molecule has 1 aliphatic heterocycles. The smallest absolute Gasteiger partial charge is 0.331 e. The van der Waals surface area contributed by atoms with Crippen LogP contribution in [0.25, 0.3) is 0 Å². The van der Waals surface area contributed by atoms with Gasteiger partial charge in [0.15, 0.2) is 18.1 Å². The van der Waals surface area contributed by atoms with Gasteiger partial charge in [0, 0.05) is 6.07 Å². The molecule has 3 heterocycles. The molecule has 0 aliphatic carbocycles. The average molecular weight is 330 g/mol. The van der Waals surface area contributed by atoms with Gasteiger partial charge in [-0.3, -0.25) is 23.7 Å². The van der Waals surface area contributed by atoms with Gasteiger partial charge in [-0.2, -0.15) is 0 Å². The number of methoxy groups -OCH3 is 1. The van der Waals surface area contributed by atoms with Crippen molar-refractivity contribution in [3.8, 4) is 5.95 Å². The SMILES string of the molecule is COc1ccc(C=O)o1.F.O=CC1=CC=[C+]O1.[2H]F.c1ccoc1. The number of ether oxygens (including phenoxy) is 2. The van der Waals surface area contributed by atoms with Crippen molar-refractivity contribution in [3.63, 3.8) is 0 Å². The number of furan rings is 2. The maximum atomic E-state index is 9.99. The second-order valence-electron chi connectivity index (χ2n) is 3.35. The van der Waals surface area contributed by atoms with E-state index in [2.05, 4.69) is 21.6 Å². The van der Waals surface area contributed by atoms with Crippen molar-refractivity contribution >= 4 is 12.6 Å². The van der Waals surface area contributed by atoms with E-state index in [0.29, 0.717) is 24.3 Å². The van der Waals surface area contributed by atoms with E-state index in [1.165, 1.54) is 7.11 Å². The van der Waals surface area contributed by atoms with Crippen molar-refractivity contribution in [3.05, 3.63) is 66.7 Å². The van der Waals surface area contributed by atoms with Crippen molar-refractivity contribution in [2.75, 3.05) is 7.11 Å². The molecule has 1 aliphatic rings. The van der Waals surface area contributed by atoms with Crippen LogP contribution < -0.4 is 4.74 Å². The Bertz CT molecular complexity index is 576. The van der Waals surface area contributed by atoms with Crippen LogP contribution in [0.5, 0.6) is 5.95 Å². The fourth-order valence-electron chi connectivity index (χ4n) is 1.05. The summed E-state index contributed by atoms with van der Waals surface area (Å²) in [7, 11) is 1.48. The highest BCUT2D eigenvalue weighted by molar-refractivity contribution is 5.71. The summed E-state index contributed by atoms with van der Waals surface area (Å²) < 4.78 is 31.5. The van der Waals surface area contributed by atoms with Crippen molar-refractivity contribution in [2.24, 2.45) is 0 Å². The van der Waals surface area contributed by atoms with E-state index in [9.17, 15) is 9.59 Å². The van der Waals surface area contributed by atoms with Crippen LogP contribution in [0.2, 0.25) is 0 Å². The molecule has 0 saturated carbocycles. The molecule has 0 amide bonds. The fraction of sp³-hybridized carbons (Fsp3) is 0.0667. The highest BCUT2D eigenvalue weighted by atomic mass is 19.0. The number of carbonyl (C=O) groups excluding carboxylic acids is 2. The Balaban J connectivity index is 0. The third-order valence-corrected chi connectivity index (χ3v) is 1.95. The summed E-state index contributed by atoms with van der Waals surface area (Å²) in [5.41, 5.74) is 0. The summed E-state index contributed by atoms with van der Waals surface area (Å²) in [4.78, 5) is 19.7. The molecule has 2 aromatic heterocycles. The summed E-state index contributed by atoms with van der Waals surface area (Å²) in [5.74, 6) is 0.962. The Morgan fingerprint density at radius 3 is 2.13 bits per heavy atom. The predicted octanol–water partition coefficient (Wildman–Crippen LogP) is 3.10. The van der Waals surface area contributed by atoms with Crippen LogP contribution in [-0.2, 0) is 9.53 Å². The normalized spacial score (nSPS) is 10.0. The summed E-state index contributed by atoms with van der Waals surface area (Å²) >= 11 is 0. The molecule has 124 valence electrons. The van der Waals surface area contributed by atoms with Crippen molar-refractivity contribution in [1.82, 2.24) is 0 Å². The Kier molecular flexibility index (Phi) is 11.8. The molecule has 3 rings (SSSR count). The Labute approximate surface area is 132 Å². The van der Waals surface area contributed by atoms with Gasteiger partial charge in [-0.25, -0.2) is 0 Å². The number of allylic oxidation sites excluding steroid dienone is 3. The Morgan fingerprint density at radius 1 is 1.17 bits per heavy atom. The molecule has 23 heavy (non-hydrogen) atoms. The molecule has 0 bridgehead atoms. The van der Waals surface area contributed by atoms with Crippen LogP contribution in [0.4, 0.5) is 9.42 Å². The zero-order chi connectivity index (χ0) is 17.3. The Morgan fingerprint density at radius 2 is 1.87 bits per heavy atom. The standard InChI is InChI=1S/C6H6O3.C5H3O2.C4H4O.2FH/c1-8-6-3-2-5(4-7)9-6;6-4-5-2-1-3-7-5;1-2-4-5-3-1;;/h2-4H,1H3;1-2,4H;1-4H;2*1H/q;+1;;;/i/hD. The van der Waals surface area contributed by atoms with E-state index < -0.39 is 0 Å². The van der Waals surface area contributed by atoms with Crippen molar-refractivity contribution in [2.45, 2.75) is 0 Å². The third-order valence-electron chi connectivity index (χ3n) is 1.95. The van der Waals surface area contributed by atoms with Crippen LogP contribution >= 0.6 is 0 Å². The number of hydrogen-bond acceptors (Lipinski definition) is 6. The van der Waals surface area contributed by atoms with E-state index in [-0.39, 0.29) is 10.5 Å². The molecule has 0 unspecified atom stereocenters. The lowest BCUT2D eigenvalue weighted by Gasteiger charge is -1.87. The van der Waals surface area contributed by atoms with Crippen LogP contribution in [0.15, 0.2) is 63.5 Å². The zero-order valence-electron chi connectivity index (χ0n) is 13.0. The zero-order valence-corrected chi connectivity index (χ0v) is 12.0. The second-order valence-corrected chi connectivity index (χ2v) is 3.35. The molecule has 0 atom stereocenters. The first kappa shape index (κ1) is 19.8. The molecule has 0 spiro atoms. The molecular formula is C15H15F2O6+. The molecule has 0 aromatic carbocycles. The number of hydrogen-bond donors (Lipinski definition) is 0. The monoisotopic (exact) mass is 330 g/mol. The average Bonchev–Trinajstić information content (AvgIpc) is 3.41. The van der Waals surface area contributed by atoms with Gasteiger partial charge in [0.05, 0.1) is 19.6 Å². The first-order chi connectivity index (χ1) is 11.3. The van der Waals surface area contributed by atoms with E-state index >= 15 is 0 Å². The van der Waals surface area contributed by atoms with Gasteiger partial charge in [-0.1, -0.05) is 0 Å². The van der Waals surface area contributed by atoms with Gasteiger partial charge in [-0.05, 0) is 18.2 Å². The van der Waals surface area contributed by atoms with E-state index in [1.54, 1.807) is 36.8 Å². The van der Waals surface area contributed by atoms with E-state index in [0.717, 1.165) is 0 Å². The van der Waals surface area contributed by atoms with Gasteiger partial charge < -0.3 is 13.6 Å². The summed E-state index contributed by atoms with van der Waals surface area (Å²) in [5, 5.41) is 0. The molecule has 0 radical (unpaired) electrons. The molecule has 8 heteroatoms. The number of rotatable bonds is 3. The maximum Gasteiger partial charge on any atom is 0.331 e. The molecule has 2 aromatic rings.